The molecule has 0 bridgehead atoms. The monoisotopic (exact) mass is 419 g/mol. The molecular weight excluding hydrogens is 399 g/mol. The molecule has 0 saturated heterocycles. The van der Waals surface area contributed by atoms with Gasteiger partial charge in [0.05, 0.1) is 16.6 Å². The second-order valence-corrected chi connectivity index (χ2v) is 7.57. The minimum atomic E-state index is -0.928. The van der Waals surface area contributed by atoms with Crippen LogP contribution in [0, 0.1) is 17.5 Å². The number of nitrogens with zero attached hydrogens (tertiary/aromatic N) is 3. The largest absolute Gasteiger partial charge is 0.443 e. The molecule has 3 aromatic rings. The predicted octanol–water partition coefficient (Wildman–Crippen LogP) is 4.56. The summed E-state index contributed by atoms with van der Waals surface area (Å²) in [6.45, 7) is 6.69. The van der Waals surface area contributed by atoms with Gasteiger partial charge in [0.15, 0.2) is 0 Å². The second-order valence-electron chi connectivity index (χ2n) is 7.57. The third-order valence-corrected chi connectivity index (χ3v) is 4.09. The first-order chi connectivity index (χ1) is 14.0. The van der Waals surface area contributed by atoms with E-state index in [-0.39, 0.29) is 29.1 Å². The van der Waals surface area contributed by atoms with Gasteiger partial charge >= 0.3 is 6.09 Å². The maximum absolute atomic E-state index is 13.9. The van der Waals surface area contributed by atoms with E-state index in [0.717, 1.165) is 33.7 Å². The molecule has 0 aliphatic heterocycles. The van der Waals surface area contributed by atoms with Crippen LogP contribution in [0.25, 0.3) is 16.6 Å². The van der Waals surface area contributed by atoms with E-state index in [1.807, 2.05) is 0 Å². The Morgan fingerprint density at radius 2 is 1.70 bits per heavy atom. The van der Waals surface area contributed by atoms with Gasteiger partial charge in [-0.15, -0.1) is 0 Å². The highest BCUT2D eigenvalue weighted by atomic mass is 19.1. The maximum Gasteiger partial charge on any atom is 0.417 e. The summed E-state index contributed by atoms with van der Waals surface area (Å²) in [7, 11) is 0. The van der Waals surface area contributed by atoms with Gasteiger partial charge < -0.3 is 4.74 Å². The van der Waals surface area contributed by atoms with Gasteiger partial charge in [0.2, 0.25) is 5.95 Å². The molecule has 1 amide bonds. The number of fused-ring (bicyclic) bond motifs is 1. The van der Waals surface area contributed by atoms with Crippen LogP contribution in [0.2, 0.25) is 0 Å². The Labute approximate surface area is 170 Å². The highest BCUT2D eigenvalue weighted by Crippen LogP contribution is 2.23. The van der Waals surface area contributed by atoms with Gasteiger partial charge in [-0.2, -0.15) is 0 Å². The number of ether oxygens (including phenoxy) is 1. The summed E-state index contributed by atoms with van der Waals surface area (Å²) in [6.07, 6.45) is -0.802. The Kier molecular flexibility index (Phi) is 5.56. The molecule has 0 atom stereocenters. The Morgan fingerprint density at radius 3 is 2.27 bits per heavy atom. The van der Waals surface area contributed by atoms with Crippen molar-refractivity contribution >= 4 is 22.9 Å². The molecule has 0 fully saturated rings. The average molecular weight is 419 g/mol. The number of rotatable bonds is 3. The van der Waals surface area contributed by atoms with Gasteiger partial charge in [-0.25, -0.2) is 32.4 Å². The van der Waals surface area contributed by atoms with E-state index >= 15 is 0 Å². The van der Waals surface area contributed by atoms with Crippen molar-refractivity contribution in [3.63, 3.8) is 0 Å². The van der Waals surface area contributed by atoms with Gasteiger partial charge in [-0.1, -0.05) is 0 Å². The van der Waals surface area contributed by atoms with Crippen LogP contribution in [0.5, 0.6) is 0 Å². The van der Waals surface area contributed by atoms with Crippen molar-refractivity contribution in [2.45, 2.75) is 33.3 Å². The third kappa shape index (κ3) is 4.29. The average Bonchev–Trinajstić information content (AvgIpc) is 2.60. The molecule has 1 aromatic heterocycles. The van der Waals surface area contributed by atoms with Crippen LogP contribution in [0.15, 0.2) is 41.2 Å². The summed E-state index contributed by atoms with van der Waals surface area (Å²) in [6, 6.07) is 5.87. The van der Waals surface area contributed by atoms with Crippen molar-refractivity contribution in [2.75, 3.05) is 11.4 Å². The molecule has 9 heteroatoms. The van der Waals surface area contributed by atoms with E-state index in [1.165, 1.54) is 6.07 Å². The molecule has 0 aliphatic rings. The van der Waals surface area contributed by atoms with Gasteiger partial charge in [0, 0.05) is 12.6 Å². The standard InChI is InChI=1S/C21H20F3N3O3/c1-5-26(20(29)30-21(2,3)4)19-25-17-7-6-12(22)11-16(17)18(28)27(19)15-9-13(23)8-14(24)10-15/h6-11H,5H2,1-4H3. The maximum atomic E-state index is 13.9. The number of hydrogen-bond donors (Lipinski definition) is 0. The molecule has 0 N–H and O–H groups in total. The Balaban J connectivity index is 2.35. The SMILES string of the molecule is CCN(C(=O)OC(C)(C)C)c1nc2ccc(F)cc2c(=O)n1-c1cc(F)cc(F)c1. The summed E-state index contributed by atoms with van der Waals surface area (Å²) >= 11 is 0. The van der Waals surface area contributed by atoms with Crippen LogP contribution < -0.4 is 10.5 Å². The number of halogens is 3. The molecule has 0 radical (unpaired) electrons. The van der Waals surface area contributed by atoms with Crippen LogP contribution in [-0.4, -0.2) is 27.8 Å². The van der Waals surface area contributed by atoms with Gasteiger partial charge in [0.1, 0.15) is 23.1 Å². The summed E-state index contributed by atoms with van der Waals surface area (Å²) in [5.41, 5.74) is -1.71. The van der Waals surface area contributed by atoms with Crippen LogP contribution in [0.4, 0.5) is 23.9 Å². The van der Waals surface area contributed by atoms with Crippen LogP contribution >= 0.6 is 0 Å². The molecule has 0 spiro atoms. The number of carbonyl (C=O) groups is 1. The number of carbonyl (C=O) groups excluding carboxylic acids is 1. The lowest BCUT2D eigenvalue weighted by atomic mass is 10.2. The third-order valence-electron chi connectivity index (χ3n) is 4.09. The summed E-state index contributed by atoms with van der Waals surface area (Å²) in [5.74, 6) is -2.74. The van der Waals surface area contributed by atoms with E-state index in [0.29, 0.717) is 6.07 Å². The Hall–Kier alpha value is -3.36. The number of benzene rings is 2. The zero-order valence-corrected chi connectivity index (χ0v) is 16.9. The number of amides is 1. The van der Waals surface area contributed by atoms with Crippen LogP contribution in [-0.2, 0) is 4.74 Å². The minimum absolute atomic E-state index is 0.0475. The highest BCUT2D eigenvalue weighted by molar-refractivity contribution is 5.88. The molecule has 2 aromatic carbocycles. The van der Waals surface area contributed by atoms with E-state index < -0.39 is 34.7 Å². The summed E-state index contributed by atoms with van der Waals surface area (Å²) < 4.78 is 47.7. The first-order valence-corrected chi connectivity index (χ1v) is 9.19. The zero-order chi connectivity index (χ0) is 22.2. The molecule has 30 heavy (non-hydrogen) atoms. The fourth-order valence-electron chi connectivity index (χ4n) is 2.90. The topological polar surface area (TPSA) is 64.4 Å². The lowest BCUT2D eigenvalue weighted by Crippen LogP contribution is -2.40. The predicted molar refractivity (Wildman–Crippen MR) is 106 cm³/mol. The van der Waals surface area contributed by atoms with Crippen molar-refractivity contribution in [2.24, 2.45) is 0 Å². The number of hydrogen-bond acceptors (Lipinski definition) is 4. The van der Waals surface area contributed by atoms with Crippen molar-refractivity contribution < 1.29 is 22.7 Å². The number of aromatic nitrogens is 2. The highest BCUT2D eigenvalue weighted by Gasteiger charge is 2.27. The van der Waals surface area contributed by atoms with Crippen LogP contribution in [0.1, 0.15) is 27.7 Å². The molecular formula is C21H20F3N3O3. The van der Waals surface area contributed by atoms with Gasteiger partial charge in [-0.3, -0.25) is 4.79 Å². The lowest BCUT2D eigenvalue weighted by Gasteiger charge is -2.27. The lowest BCUT2D eigenvalue weighted by molar-refractivity contribution is 0.0579. The van der Waals surface area contributed by atoms with Crippen molar-refractivity contribution in [1.29, 1.82) is 0 Å². The Bertz CT molecular complexity index is 1170. The smallest absolute Gasteiger partial charge is 0.417 e. The van der Waals surface area contributed by atoms with E-state index in [1.54, 1.807) is 27.7 Å². The quantitative estimate of drug-likeness (QED) is 0.624. The molecule has 0 aliphatic carbocycles. The fourth-order valence-corrected chi connectivity index (χ4v) is 2.90. The summed E-state index contributed by atoms with van der Waals surface area (Å²) in [5, 5.41) is -0.108. The van der Waals surface area contributed by atoms with E-state index in [9.17, 15) is 22.8 Å². The van der Waals surface area contributed by atoms with E-state index in [2.05, 4.69) is 4.98 Å². The fraction of sp³-hybridized carbons (Fsp3) is 0.286. The van der Waals surface area contributed by atoms with Gasteiger partial charge in [0.25, 0.3) is 5.56 Å². The molecule has 1 heterocycles. The van der Waals surface area contributed by atoms with Crippen molar-refractivity contribution in [3.8, 4) is 5.69 Å². The van der Waals surface area contributed by atoms with Crippen molar-refractivity contribution in [3.05, 3.63) is 64.2 Å². The normalized spacial score (nSPS) is 11.6. The van der Waals surface area contributed by atoms with Crippen molar-refractivity contribution in [1.82, 2.24) is 9.55 Å². The van der Waals surface area contributed by atoms with Crippen LogP contribution in [0.3, 0.4) is 0 Å². The molecule has 0 saturated carbocycles. The summed E-state index contributed by atoms with van der Waals surface area (Å²) in [4.78, 5) is 31.3. The zero-order valence-electron chi connectivity index (χ0n) is 16.9. The first-order valence-electron chi connectivity index (χ1n) is 9.19. The first kappa shape index (κ1) is 21.4. The Morgan fingerprint density at radius 1 is 1.07 bits per heavy atom. The molecule has 3 rings (SSSR count). The minimum Gasteiger partial charge on any atom is -0.443 e. The molecule has 158 valence electrons. The van der Waals surface area contributed by atoms with Gasteiger partial charge in [-0.05, 0) is 58.0 Å². The second kappa shape index (κ2) is 7.81. The number of anilines is 1. The molecule has 6 nitrogen and oxygen atoms in total. The molecule has 0 unspecified atom stereocenters. The van der Waals surface area contributed by atoms with E-state index in [4.69, 9.17) is 4.74 Å².